The van der Waals surface area contributed by atoms with Crippen LogP contribution in [0.1, 0.15) is 16.7 Å². The molecule has 0 aliphatic carbocycles. The molecule has 1 nitrogen and oxygen atoms in total. The molecule has 0 saturated heterocycles. The first-order valence-electron chi connectivity index (χ1n) is 3.98. The Balaban J connectivity index is 3.29. The predicted octanol–water partition coefficient (Wildman–Crippen LogP) is 4.08. The lowest BCUT2D eigenvalue weighted by atomic mass is 10.1. The summed E-state index contributed by atoms with van der Waals surface area (Å²) in [6.07, 6.45) is 0. The van der Waals surface area contributed by atoms with Crippen LogP contribution in [0.3, 0.4) is 0 Å². The summed E-state index contributed by atoms with van der Waals surface area (Å²) in [6, 6.07) is 4.12. The van der Waals surface area contributed by atoms with Crippen LogP contribution in [0.15, 0.2) is 17.1 Å². The topological polar surface area (TPSA) is 12.4 Å². The van der Waals surface area contributed by atoms with Crippen LogP contribution in [-0.2, 0) is 0 Å². The van der Waals surface area contributed by atoms with E-state index in [4.69, 9.17) is 23.2 Å². The van der Waals surface area contributed by atoms with Crippen LogP contribution >= 0.6 is 23.2 Å². The van der Waals surface area contributed by atoms with Crippen LogP contribution in [0, 0.1) is 20.8 Å². The zero-order chi connectivity index (χ0) is 10.0. The molecule has 0 bridgehead atoms. The Labute approximate surface area is 88.4 Å². The van der Waals surface area contributed by atoms with Crippen molar-refractivity contribution in [2.75, 3.05) is 0 Å². The van der Waals surface area contributed by atoms with E-state index in [9.17, 15) is 0 Å². The Morgan fingerprint density at radius 1 is 1.08 bits per heavy atom. The van der Waals surface area contributed by atoms with Crippen molar-refractivity contribution in [2.45, 2.75) is 20.8 Å². The lowest BCUT2D eigenvalue weighted by molar-refractivity contribution is 1.29. The van der Waals surface area contributed by atoms with Crippen LogP contribution in [-0.4, -0.2) is 4.63 Å². The van der Waals surface area contributed by atoms with Gasteiger partial charge in [-0.05, 0) is 55.1 Å². The van der Waals surface area contributed by atoms with Crippen LogP contribution in [0.4, 0.5) is 5.69 Å². The molecule has 1 aromatic carbocycles. The van der Waals surface area contributed by atoms with E-state index in [0.717, 1.165) is 16.8 Å². The average Bonchev–Trinajstić information content (AvgIpc) is 1.96. The Hall–Kier alpha value is -0.530. The van der Waals surface area contributed by atoms with Crippen molar-refractivity contribution in [2.24, 2.45) is 4.99 Å². The summed E-state index contributed by atoms with van der Waals surface area (Å²) < 4.78 is 0.0510. The molecule has 1 aromatic rings. The van der Waals surface area contributed by atoms with Gasteiger partial charge in [0.1, 0.15) is 0 Å². The summed E-state index contributed by atoms with van der Waals surface area (Å²) in [6.45, 7) is 6.04. The molecule has 0 fully saturated rings. The van der Waals surface area contributed by atoms with Crippen molar-refractivity contribution < 1.29 is 0 Å². The normalized spacial score (nSPS) is 9.92. The summed E-state index contributed by atoms with van der Waals surface area (Å²) in [5.74, 6) is 0. The molecule has 0 heterocycles. The van der Waals surface area contributed by atoms with Gasteiger partial charge in [-0.1, -0.05) is 17.7 Å². The number of rotatable bonds is 1. The first-order chi connectivity index (χ1) is 6.00. The van der Waals surface area contributed by atoms with Crippen molar-refractivity contribution in [3.8, 4) is 0 Å². The maximum Gasteiger partial charge on any atom is 0.197 e. The molecular weight excluding hydrogens is 205 g/mol. The lowest BCUT2D eigenvalue weighted by Gasteiger charge is -2.05. The highest BCUT2D eigenvalue weighted by atomic mass is 35.5. The quantitative estimate of drug-likeness (QED) is 0.627. The van der Waals surface area contributed by atoms with Gasteiger partial charge < -0.3 is 0 Å². The van der Waals surface area contributed by atoms with E-state index in [1.54, 1.807) is 0 Å². The van der Waals surface area contributed by atoms with Gasteiger partial charge in [-0.2, -0.15) is 0 Å². The van der Waals surface area contributed by atoms with E-state index in [2.05, 4.69) is 24.0 Å². The molecule has 70 valence electrons. The van der Waals surface area contributed by atoms with Crippen molar-refractivity contribution >= 4 is 33.5 Å². The first-order valence-corrected chi connectivity index (χ1v) is 4.74. The summed E-state index contributed by atoms with van der Waals surface area (Å²) in [4.78, 5) is 4.05. The molecular formula is C10H11Cl2N. The number of aliphatic imine (C=N–C) groups is 1. The Morgan fingerprint density at radius 3 is 1.92 bits per heavy atom. The third-order valence-corrected chi connectivity index (χ3v) is 2.00. The van der Waals surface area contributed by atoms with Crippen LogP contribution in [0.25, 0.3) is 0 Å². The van der Waals surface area contributed by atoms with Gasteiger partial charge in [-0.15, -0.1) is 0 Å². The SMILES string of the molecule is Cc1cc(C)c(N=C(Cl)Cl)c(C)c1. The number of benzene rings is 1. The summed E-state index contributed by atoms with van der Waals surface area (Å²) in [7, 11) is 0. The average molecular weight is 216 g/mol. The van der Waals surface area contributed by atoms with Crippen molar-refractivity contribution in [3.63, 3.8) is 0 Å². The largest absolute Gasteiger partial charge is 0.225 e. The molecule has 0 unspecified atom stereocenters. The fourth-order valence-electron chi connectivity index (χ4n) is 1.43. The standard InChI is InChI=1S/C10H11Cl2N/c1-6-4-7(2)9(8(3)5-6)13-10(11)12/h4-5H,1-3H3. The van der Waals surface area contributed by atoms with Crippen molar-refractivity contribution in [1.82, 2.24) is 0 Å². The second kappa shape index (κ2) is 4.12. The van der Waals surface area contributed by atoms with Crippen LogP contribution in [0.5, 0.6) is 0 Å². The fourth-order valence-corrected chi connectivity index (χ4v) is 1.60. The molecule has 0 spiro atoms. The molecule has 0 aromatic heterocycles. The van der Waals surface area contributed by atoms with E-state index in [1.807, 2.05) is 13.8 Å². The first kappa shape index (κ1) is 10.6. The molecule has 13 heavy (non-hydrogen) atoms. The summed E-state index contributed by atoms with van der Waals surface area (Å²) >= 11 is 11.0. The molecule has 0 saturated carbocycles. The number of aryl methyl sites for hydroxylation is 3. The molecule has 1 rings (SSSR count). The Bertz CT molecular complexity index is 329. The van der Waals surface area contributed by atoms with Crippen LogP contribution in [0.2, 0.25) is 0 Å². The van der Waals surface area contributed by atoms with Crippen LogP contribution < -0.4 is 0 Å². The molecule has 0 amide bonds. The van der Waals surface area contributed by atoms with Gasteiger partial charge in [0.2, 0.25) is 0 Å². The molecule has 0 atom stereocenters. The second-order valence-electron chi connectivity index (χ2n) is 3.10. The zero-order valence-electron chi connectivity index (χ0n) is 7.86. The summed E-state index contributed by atoms with van der Waals surface area (Å²) in [5.41, 5.74) is 4.28. The number of halogens is 2. The van der Waals surface area contributed by atoms with Gasteiger partial charge >= 0.3 is 0 Å². The van der Waals surface area contributed by atoms with E-state index in [-0.39, 0.29) is 4.63 Å². The second-order valence-corrected chi connectivity index (χ2v) is 4.01. The number of nitrogens with zero attached hydrogens (tertiary/aromatic N) is 1. The van der Waals surface area contributed by atoms with Gasteiger partial charge in [0.05, 0.1) is 5.69 Å². The Morgan fingerprint density at radius 2 is 1.54 bits per heavy atom. The highest BCUT2D eigenvalue weighted by molar-refractivity contribution is 6.95. The number of hydrogen-bond acceptors (Lipinski definition) is 1. The highest BCUT2D eigenvalue weighted by Gasteiger charge is 2.02. The summed E-state index contributed by atoms with van der Waals surface area (Å²) in [5, 5.41) is 0. The minimum Gasteiger partial charge on any atom is -0.225 e. The van der Waals surface area contributed by atoms with E-state index < -0.39 is 0 Å². The van der Waals surface area contributed by atoms with E-state index in [0.29, 0.717) is 0 Å². The molecule has 3 heteroatoms. The van der Waals surface area contributed by atoms with Gasteiger partial charge in [0.15, 0.2) is 4.63 Å². The monoisotopic (exact) mass is 215 g/mol. The van der Waals surface area contributed by atoms with Crippen molar-refractivity contribution in [1.29, 1.82) is 0 Å². The molecule has 0 aliphatic heterocycles. The maximum atomic E-state index is 5.51. The highest BCUT2D eigenvalue weighted by Crippen LogP contribution is 2.25. The minimum absolute atomic E-state index is 0.0510. The van der Waals surface area contributed by atoms with Gasteiger partial charge in [-0.25, -0.2) is 4.99 Å². The predicted molar refractivity (Wildman–Crippen MR) is 59.5 cm³/mol. The van der Waals surface area contributed by atoms with Gasteiger partial charge in [-0.3, -0.25) is 0 Å². The zero-order valence-corrected chi connectivity index (χ0v) is 9.37. The minimum atomic E-state index is 0.0510. The molecule has 0 N–H and O–H groups in total. The fraction of sp³-hybridized carbons (Fsp3) is 0.300. The lowest BCUT2D eigenvalue weighted by Crippen LogP contribution is -1.84. The molecule has 0 aliphatic rings. The molecule has 0 radical (unpaired) electrons. The third-order valence-electron chi connectivity index (χ3n) is 1.83. The van der Waals surface area contributed by atoms with E-state index >= 15 is 0 Å². The smallest absolute Gasteiger partial charge is 0.197 e. The van der Waals surface area contributed by atoms with Gasteiger partial charge in [0.25, 0.3) is 0 Å². The number of hydrogen-bond donors (Lipinski definition) is 0. The third kappa shape index (κ3) is 2.71. The Kier molecular flexibility index (Phi) is 3.34. The van der Waals surface area contributed by atoms with Gasteiger partial charge in [0, 0.05) is 0 Å². The maximum absolute atomic E-state index is 5.51. The van der Waals surface area contributed by atoms with E-state index in [1.165, 1.54) is 5.56 Å². The van der Waals surface area contributed by atoms with Crippen molar-refractivity contribution in [3.05, 3.63) is 28.8 Å².